The van der Waals surface area contributed by atoms with Crippen LogP contribution >= 0.6 is 0 Å². The first-order valence-electron chi connectivity index (χ1n) is 9.93. The van der Waals surface area contributed by atoms with E-state index in [1.165, 1.54) is 42.7 Å². The van der Waals surface area contributed by atoms with Crippen LogP contribution in [0.4, 0.5) is 13.2 Å². The maximum atomic E-state index is 12.7. The van der Waals surface area contributed by atoms with Crippen molar-refractivity contribution in [2.45, 2.75) is 23.7 Å². The fraction of sp³-hybridized carbons (Fsp3) is 0.227. The highest BCUT2D eigenvalue weighted by Gasteiger charge is 2.30. The largest absolute Gasteiger partial charge is 0.491 e. The number of carbonyl (C=O) groups is 1. The summed E-state index contributed by atoms with van der Waals surface area (Å²) in [6.07, 6.45) is -4.29. The lowest BCUT2D eigenvalue weighted by Crippen LogP contribution is -2.35. The third-order valence-corrected chi connectivity index (χ3v) is 5.96. The van der Waals surface area contributed by atoms with E-state index in [9.17, 15) is 31.5 Å². The van der Waals surface area contributed by atoms with E-state index in [-0.39, 0.29) is 35.9 Å². The summed E-state index contributed by atoms with van der Waals surface area (Å²) in [4.78, 5) is 12.2. The van der Waals surface area contributed by atoms with E-state index in [1.54, 1.807) is 12.1 Å². The summed E-state index contributed by atoms with van der Waals surface area (Å²) < 4.78 is 75.5. The van der Waals surface area contributed by atoms with Crippen LogP contribution in [0.5, 0.6) is 5.75 Å². The number of halogens is 3. The van der Waals surface area contributed by atoms with E-state index in [1.807, 2.05) is 0 Å². The van der Waals surface area contributed by atoms with E-state index in [0.717, 1.165) is 12.1 Å². The Labute approximate surface area is 193 Å². The Kier molecular flexibility index (Phi) is 7.97. The molecule has 8 nitrogen and oxygen atoms in total. The molecule has 0 bridgehead atoms. The molecule has 0 aliphatic rings. The number of rotatable bonds is 10. The van der Waals surface area contributed by atoms with E-state index < -0.39 is 33.8 Å². The summed E-state index contributed by atoms with van der Waals surface area (Å²) in [7, 11) is -3.82. The minimum Gasteiger partial charge on any atom is -0.491 e. The molecular weight excluding hydrogens is 477 g/mol. The van der Waals surface area contributed by atoms with E-state index in [4.69, 9.17) is 9.15 Å². The predicted molar refractivity (Wildman–Crippen MR) is 114 cm³/mol. The van der Waals surface area contributed by atoms with Crippen LogP contribution < -0.4 is 14.8 Å². The molecule has 3 rings (SSSR count). The Morgan fingerprint density at radius 3 is 2.47 bits per heavy atom. The Balaban J connectivity index is 1.48. The maximum absolute atomic E-state index is 12.7. The number of amides is 1. The highest BCUT2D eigenvalue weighted by atomic mass is 32.2. The van der Waals surface area contributed by atoms with Gasteiger partial charge in [0.2, 0.25) is 10.0 Å². The molecular formula is C22H21F3N2O6S. The molecule has 12 heteroatoms. The van der Waals surface area contributed by atoms with Gasteiger partial charge in [0.25, 0.3) is 5.91 Å². The summed E-state index contributed by atoms with van der Waals surface area (Å²) >= 11 is 0. The van der Waals surface area contributed by atoms with Crippen molar-refractivity contribution in [2.24, 2.45) is 0 Å². The lowest BCUT2D eigenvalue weighted by Gasteiger charge is -2.14. The molecule has 1 aromatic heterocycles. The zero-order valence-corrected chi connectivity index (χ0v) is 18.4. The molecule has 0 spiro atoms. The van der Waals surface area contributed by atoms with E-state index in [2.05, 4.69) is 10.0 Å². The smallest absolute Gasteiger partial charge is 0.416 e. The lowest BCUT2D eigenvalue weighted by molar-refractivity contribution is -0.137. The highest BCUT2D eigenvalue weighted by molar-refractivity contribution is 7.89. The number of alkyl halides is 3. The molecule has 0 fully saturated rings. The second-order valence-electron chi connectivity index (χ2n) is 7.13. The number of benzene rings is 2. The van der Waals surface area contributed by atoms with Crippen LogP contribution in [0.15, 0.2) is 76.2 Å². The molecule has 0 saturated heterocycles. The third-order valence-electron chi connectivity index (χ3n) is 4.55. The van der Waals surface area contributed by atoms with Crippen LogP contribution in [0.2, 0.25) is 0 Å². The van der Waals surface area contributed by atoms with Gasteiger partial charge in [0.1, 0.15) is 24.2 Å². The number of furan rings is 1. The number of hydrogen-bond acceptors (Lipinski definition) is 6. The van der Waals surface area contributed by atoms with Gasteiger partial charge >= 0.3 is 6.18 Å². The SMILES string of the molecule is O=C(NCC(O)COc1cccc(C(F)(F)F)c1)c1ccc(S(=O)(=O)NCc2ccco2)cc1. The summed E-state index contributed by atoms with van der Waals surface area (Å²) in [6.45, 7) is -0.610. The van der Waals surface area contributed by atoms with Crippen molar-refractivity contribution in [3.63, 3.8) is 0 Å². The average Bonchev–Trinajstić information content (AvgIpc) is 3.33. The van der Waals surface area contributed by atoms with Crippen LogP contribution in [0.3, 0.4) is 0 Å². The molecule has 0 saturated carbocycles. The lowest BCUT2D eigenvalue weighted by atomic mass is 10.2. The molecule has 1 unspecified atom stereocenters. The van der Waals surface area contributed by atoms with Crippen molar-refractivity contribution in [1.29, 1.82) is 0 Å². The number of aliphatic hydroxyl groups excluding tert-OH is 1. The van der Waals surface area contributed by atoms with Gasteiger partial charge in [-0.25, -0.2) is 13.1 Å². The van der Waals surface area contributed by atoms with Crippen molar-refractivity contribution in [2.75, 3.05) is 13.2 Å². The second kappa shape index (κ2) is 10.7. The normalized spacial score (nSPS) is 12.8. The third kappa shape index (κ3) is 7.07. The Hall–Kier alpha value is -3.35. The quantitative estimate of drug-likeness (QED) is 0.396. The van der Waals surface area contributed by atoms with Crippen molar-refractivity contribution in [3.05, 3.63) is 83.8 Å². The highest BCUT2D eigenvalue weighted by Crippen LogP contribution is 2.31. The Morgan fingerprint density at radius 1 is 1.09 bits per heavy atom. The van der Waals surface area contributed by atoms with Crippen LogP contribution in [-0.2, 0) is 22.7 Å². The van der Waals surface area contributed by atoms with Gasteiger partial charge in [-0.05, 0) is 54.6 Å². The predicted octanol–water partition coefficient (Wildman–Crippen LogP) is 2.95. The minimum atomic E-state index is -4.52. The standard InChI is InChI=1S/C22H21F3N2O6S/c23-22(24,25)16-3-1-4-18(11-16)33-14-17(28)12-26-21(29)15-6-8-20(9-7-15)34(30,31)27-13-19-5-2-10-32-19/h1-11,17,27-28H,12-14H2,(H,26,29). The summed E-state index contributed by atoms with van der Waals surface area (Å²) in [6, 6.07) is 12.6. The van der Waals surface area contributed by atoms with Crippen LogP contribution in [0.1, 0.15) is 21.7 Å². The van der Waals surface area contributed by atoms with Crippen LogP contribution in [-0.4, -0.2) is 38.7 Å². The monoisotopic (exact) mass is 498 g/mol. The molecule has 3 N–H and O–H groups in total. The minimum absolute atomic E-state index is 0.0297. The van der Waals surface area contributed by atoms with Gasteiger partial charge < -0.3 is 19.6 Å². The second-order valence-corrected chi connectivity index (χ2v) is 8.90. The first-order chi connectivity index (χ1) is 16.0. The van der Waals surface area contributed by atoms with Gasteiger partial charge in [0, 0.05) is 12.1 Å². The van der Waals surface area contributed by atoms with Crippen molar-refractivity contribution < 1.29 is 40.6 Å². The van der Waals surface area contributed by atoms with E-state index >= 15 is 0 Å². The molecule has 182 valence electrons. The fourth-order valence-electron chi connectivity index (χ4n) is 2.77. The van der Waals surface area contributed by atoms with Gasteiger partial charge in [-0.3, -0.25) is 4.79 Å². The molecule has 0 aliphatic heterocycles. The van der Waals surface area contributed by atoms with E-state index in [0.29, 0.717) is 5.76 Å². The molecule has 0 aliphatic carbocycles. The maximum Gasteiger partial charge on any atom is 0.416 e. The summed E-state index contributed by atoms with van der Waals surface area (Å²) in [5, 5.41) is 12.4. The zero-order chi connectivity index (χ0) is 24.8. The zero-order valence-electron chi connectivity index (χ0n) is 17.6. The number of carbonyl (C=O) groups excluding carboxylic acids is 1. The fourth-order valence-corrected chi connectivity index (χ4v) is 3.77. The molecule has 0 radical (unpaired) electrons. The molecule has 1 amide bonds. The van der Waals surface area contributed by atoms with Gasteiger partial charge in [0.15, 0.2) is 0 Å². The Morgan fingerprint density at radius 2 is 1.82 bits per heavy atom. The summed E-state index contributed by atoms with van der Waals surface area (Å²) in [5.41, 5.74) is -0.731. The number of nitrogens with one attached hydrogen (secondary N) is 2. The van der Waals surface area contributed by atoms with Crippen molar-refractivity contribution in [1.82, 2.24) is 10.0 Å². The first kappa shape index (κ1) is 25.3. The number of ether oxygens (including phenoxy) is 1. The molecule has 1 atom stereocenters. The number of aliphatic hydroxyl groups is 1. The van der Waals surface area contributed by atoms with Crippen LogP contribution in [0.25, 0.3) is 0 Å². The average molecular weight is 498 g/mol. The first-order valence-corrected chi connectivity index (χ1v) is 11.4. The Bertz CT molecular complexity index is 1200. The van der Waals surface area contributed by atoms with Crippen LogP contribution in [0, 0.1) is 0 Å². The topological polar surface area (TPSA) is 118 Å². The van der Waals surface area contributed by atoms with Crippen molar-refractivity contribution in [3.8, 4) is 5.75 Å². The molecule has 3 aromatic rings. The van der Waals surface area contributed by atoms with Gasteiger partial charge in [-0.15, -0.1) is 0 Å². The van der Waals surface area contributed by atoms with Gasteiger partial charge in [0.05, 0.1) is 23.3 Å². The number of hydrogen-bond donors (Lipinski definition) is 3. The summed E-state index contributed by atoms with van der Waals surface area (Å²) in [5.74, 6) is -0.210. The number of sulfonamides is 1. The van der Waals surface area contributed by atoms with Gasteiger partial charge in [-0.2, -0.15) is 13.2 Å². The van der Waals surface area contributed by atoms with Gasteiger partial charge in [-0.1, -0.05) is 6.07 Å². The molecule has 1 heterocycles. The molecule has 34 heavy (non-hydrogen) atoms. The van der Waals surface area contributed by atoms with Crippen molar-refractivity contribution >= 4 is 15.9 Å². The molecule has 2 aromatic carbocycles.